The fraction of sp³-hybridized carbons (Fsp3) is 0.500. The monoisotopic (exact) mass is 191 g/mol. The van der Waals surface area contributed by atoms with Crippen LogP contribution >= 0.6 is 0 Å². The second kappa shape index (κ2) is 3.62. The van der Waals surface area contributed by atoms with Crippen LogP contribution in [0.1, 0.15) is 35.6 Å². The molecule has 2 nitrogen and oxygen atoms in total. The van der Waals surface area contributed by atoms with Crippen LogP contribution in [-0.2, 0) is 0 Å². The molecule has 1 aliphatic rings. The van der Waals surface area contributed by atoms with Crippen molar-refractivity contribution in [3.8, 4) is 5.75 Å². The number of nitrogens with one attached hydrogen (secondary N) is 1. The summed E-state index contributed by atoms with van der Waals surface area (Å²) in [5.74, 6) is 0.468. The van der Waals surface area contributed by atoms with E-state index < -0.39 is 0 Å². The predicted molar refractivity (Wildman–Crippen MR) is 57.6 cm³/mol. The van der Waals surface area contributed by atoms with E-state index >= 15 is 0 Å². The van der Waals surface area contributed by atoms with Crippen molar-refractivity contribution >= 4 is 0 Å². The van der Waals surface area contributed by atoms with Crippen molar-refractivity contribution in [1.82, 2.24) is 5.32 Å². The Balaban J connectivity index is 2.40. The molecular weight excluding hydrogens is 174 g/mol. The number of aryl methyl sites for hydroxylation is 2. The van der Waals surface area contributed by atoms with E-state index in [1.807, 2.05) is 13.0 Å². The van der Waals surface area contributed by atoms with E-state index in [0.29, 0.717) is 11.8 Å². The lowest BCUT2D eigenvalue weighted by Crippen LogP contribution is -2.13. The third kappa shape index (κ3) is 1.62. The van der Waals surface area contributed by atoms with Crippen LogP contribution < -0.4 is 5.32 Å². The molecule has 2 rings (SSSR count). The molecule has 0 amide bonds. The van der Waals surface area contributed by atoms with E-state index in [9.17, 15) is 5.11 Å². The molecule has 76 valence electrons. The Labute approximate surface area is 85.0 Å². The van der Waals surface area contributed by atoms with Gasteiger partial charge in [-0.25, -0.2) is 0 Å². The van der Waals surface area contributed by atoms with E-state index in [2.05, 4.69) is 18.3 Å². The smallest absolute Gasteiger partial charge is 0.123 e. The third-order valence-electron chi connectivity index (χ3n) is 2.91. The van der Waals surface area contributed by atoms with Crippen LogP contribution in [0.3, 0.4) is 0 Å². The molecule has 0 saturated carbocycles. The van der Waals surface area contributed by atoms with Gasteiger partial charge in [-0.15, -0.1) is 0 Å². The van der Waals surface area contributed by atoms with Crippen molar-refractivity contribution in [2.45, 2.75) is 32.7 Å². The molecule has 1 fully saturated rings. The Morgan fingerprint density at radius 2 is 2.14 bits per heavy atom. The standard InChI is InChI=1S/C12H17NO/c1-8-6-9(2)12(14)10(7-8)11-4-3-5-13-11/h6-7,11,13-14H,3-5H2,1-2H3/t11-/m0/s1. The van der Waals surface area contributed by atoms with Crippen LogP contribution in [0.4, 0.5) is 0 Å². The Hall–Kier alpha value is -1.02. The Bertz CT molecular complexity index is 340. The minimum absolute atomic E-state index is 0.355. The van der Waals surface area contributed by atoms with Crippen molar-refractivity contribution in [2.75, 3.05) is 6.54 Å². The minimum Gasteiger partial charge on any atom is -0.507 e. The van der Waals surface area contributed by atoms with Gasteiger partial charge in [0.2, 0.25) is 0 Å². The fourth-order valence-corrected chi connectivity index (χ4v) is 2.21. The van der Waals surface area contributed by atoms with Crippen molar-refractivity contribution in [3.63, 3.8) is 0 Å². The summed E-state index contributed by atoms with van der Waals surface area (Å²) < 4.78 is 0. The molecule has 1 aliphatic heterocycles. The van der Waals surface area contributed by atoms with Crippen LogP contribution in [0.5, 0.6) is 5.75 Å². The van der Waals surface area contributed by atoms with Gasteiger partial charge in [0.05, 0.1) is 0 Å². The van der Waals surface area contributed by atoms with E-state index in [-0.39, 0.29) is 0 Å². The van der Waals surface area contributed by atoms with Crippen LogP contribution in [0.2, 0.25) is 0 Å². The number of aromatic hydroxyl groups is 1. The van der Waals surface area contributed by atoms with Gasteiger partial charge in [0.25, 0.3) is 0 Å². The molecule has 14 heavy (non-hydrogen) atoms. The summed E-state index contributed by atoms with van der Waals surface area (Å²) >= 11 is 0. The molecule has 1 saturated heterocycles. The Morgan fingerprint density at radius 3 is 2.79 bits per heavy atom. The maximum atomic E-state index is 9.94. The maximum Gasteiger partial charge on any atom is 0.123 e. The number of hydrogen-bond acceptors (Lipinski definition) is 2. The van der Waals surface area contributed by atoms with Gasteiger partial charge in [0, 0.05) is 11.6 Å². The van der Waals surface area contributed by atoms with Gasteiger partial charge in [0.15, 0.2) is 0 Å². The molecule has 0 unspecified atom stereocenters. The van der Waals surface area contributed by atoms with E-state index in [4.69, 9.17) is 0 Å². The first-order valence-electron chi connectivity index (χ1n) is 5.22. The average molecular weight is 191 g/mol. The molecule has 1 heterocycles. The quantitative estimate of drug-likeness (QED) is 0.714. The highest BCUT2D eigenvalue weighted by Crippen LogP contribution is 2.33. The Kier molecular flexibility index (Phi) is 2.46. The number of hydrogen-bond donors (Lipinski definition) is 2. The summed E-state index contributed by atoms with van der Waals surface area (Å²) in [6.45, 7) is 5.10. The SMILES string of the molecule is Cc1cc(C)c(O)c([C@@H]2CCCN2)c1. The molecule has 1 aromatic rings. The van der Waals surface area contributed by atoms with Gasteiger partial charge in [-0.05, 0) is 38.8 Å². The fourth-order valence-electron chi connectivity index (χ4n) is 2.21. The number of rotatable bonds is 1. The van der Waals surface area contributed by atoms with Crippen LogP contribution in [0.15, 0.2) is 12.1 Å². The second-order valence-corrected chi connectivity index (χ2v) is 4.17. The van der Waals surface area contributed by atoms with Gasteiger partial charge >= 0.3 is 0 Å². The van der Waals surface area contributed by atoms with Crippen LogP contribution in [0, 0.1) is 13.8 Å². The van der Waals surface area contributed by atoms with Crippen molar-refractivity contribution in [3.05, 3.63) is 28.8 Å². The first kappa shape index (κ1) is 9.53. The zero-order valence-corrected chi connectivity index (χ0v) is 8.80. The summed E-state index contributed by atoms with van der Waals surface area (Å²) in [5.41, 5.74) is 3.28. The lowest BCUT2D eigenvalue weighted by molar-refractivity contribution is 0.452. The van der Waals surface area contributed by atoms with Crippen molar-refractivity contribution in [1.29, 1.82) is 0 Å². The third-order valence-corrected chi connectivity index (χ3v) is 2.91. The van der Waals surface area contributed by atoms with E-state index in [1.54, 1.807) is 0 Å². The lowest BCUT2D eigenvalue weighted by Gasteiger charge is -2.15. The van der Waals surface area contributed by atoms with E-state index in [0.717, 1.165) is 24.1 Å². The average Bonchev–Trinajstić information content (AvgIpc) is 2.63. The minimum atomic E-state index is 0.355. The molecule has 1 atom stereocenters. The molecule has 1 aromatic carbocycles. The van der Waals surface area contributed by atoms with Crippen molar-refractivity contribution in [2.24, 2.45) is 0 Å². The van der Waals surface area contributed by atoms with Gasteiger partial charge < -0.3 is 10.4 Å². The highest BCUT2D eigenvalue weighted by molar-refractivity contribution is 5.44. The van der Waals surface area contributed by atoms with Gasteiger partial charge in [0.1, 0.15) is 5.75 Å². The zero-order chi connectivity index (χ0) is 10.1. The normalized spacial score (nSPS) is 21.4. The molecular formula is C12H17NO. The number of phenolic OH excluding ortho intramolecular Hbond substituents is 1. The lowest BCUT2D eigenvalue weighted by atomic mass is 9.99. The largest absolute Gasteiger partial charge is 0.507 e. The highest BCUT2D eigenvalue weighted by atomic mass is 16.3. The Morgan fingerprint density at radius 1 is 1.36 bits per heavy atom. The van der Waals surface area contributed by atoms with Crippen LogP contribution in [-0.4, -0.2) is 11.7 Å². The zero-order valence-electron chi connectivity index (χ0n) is 8.80. The van der Waals surface area contributed by atoms with Crippen molar-refractivity contribution < 1.29 is 5.11 Å². The molecule has 0 radical (unpaired) electrons. The maximum absolute atomic E-state index is 9.94. The van der Waals surface area contributed by atoms with Gasteiger partial charge in [-0.3, -0.25) is 0 Å². The summed E-state index contributed by atoms with van der Waals surface area (Å²) in [4.78, 5) is 0. The summed E-state index contributed by atoms with van der Waals surface area (Å²) in [7, 11) is 0. The molecule has 0 bridgehead atoms. The van der Waals surface area contributed by atoms with Gasteiger partial charge in [-0.2, -0.15) is 0 Å². The second-order valence-electron chi connectivity index (χ2n) is 4.17. The predicted octanol–water partition coefficient (Wildman–Crippen LogP) is 2.43. The number of benzene rings is 1. The summed E-state index contributed by atoms with van der Waals surface area (Å²) in [6.07, 6.45) is 2.34. The molecule has 0 spiro atoms. The molecule has 0 aliphatic carbocycles. The van der Waals surface area contributed by atoms with E-state index in [1.165, 1.54) is 12.0 Å². The first-order chi connectivity index (χ1) is 6.68. The summed E-state index contributed by atoms with van der Waals surface area (Å²) in [5, 5.41) is 13.4. The summed E-state index contributed by atoms with van der Waals surface area (Å²) in [6, 6.07) is 4.47. The number of phenols is 1. The van der Waals surface area contributed by atoms with Crippen LogP contribution in [0.25, 0.3) is 0 Å². The van der Waals surface area contributed by atoms with Gasteiger partial charge in [-0.1, -0.05) is 17.7 Å². The highest BCUT2D eigenvalue weighted by Gasteiger charge is 2.20. The molecule has 2 heteroatoms. The molecule has 2 N–H and O–H groups in total. The first-order valence-corrected chi connectivity index (χ1v) is 5.22. The topological polar surface area (TPSA) is 32.3 Å². The molecule has 0 aromatic heterocycles.